The summed E-state index contributed by atoms with van der Waals surface area (Å²) in [7, 11) is 0. The van der Waals surface area contributed by atoms with Crippen molar-refractivity contribution in [2.75, 3.05) is 6.61 Å². The van der Waals surface area contributed by atoms with Gasteiger partial charge in [-0.05, 0) is 43.9 Å². The van der Waals surface area contributed by atoms with Crippen molar-refractivity contribution in [2.24, 2.45) is 0 Å². The topological polar surface area (TPSA) is 26.3 Å². The van der Waals surface area contributed by atoms with Gasteiger partial charge in [0.2, 0.25) is 0 Å². The Hall–Kier alpha value is -0.190. The highest BCUT2D eigenvalue weighted by Gasteiger charge is 2.16. The van der Waals surface area contributed by atoms with Crippen molar-refractivity contribution < 1.29 is 9.53 Å². The van der Waals surface area contributed by atoms with Crippen molar-refractivity contribution >= 4 is 37.6 Å². The minimum Gasteiger partial charge on any atom is -0.378 e. The number of hydrogen-bond donors (Lipinski definition) is 0. The predicted octanol–water partition coefficient (Wildman–Crippen LogP) is 4.74. The number of hydrogen-bond acceptors (Lipinski definition) is 2. The predicted molar refractivity (Wildman–Crippen MR) is 79.0 cm³/mol. The van der Waals surface area contributed by atoms with E-state index in [1.807, 2.05) is 18.2 Å². The lowest BCUT2D eigenvalue weighted by Gasteiger charge is -2.09. The van der Waals surface area contributed by atoms with Gasteiger partial charge in [-0.3, -0.25) is 4.79 Å². The lowest BCUT2D eigenvalue weighted by atomic mass is 10.0. The van der Waals surface area contributed by atoms with Crippen LogP contribution in [-0.2, 0) is 4.74 Å². The molecule has 0 spiro atoms. The van der Waals surface area contributed by atoms with Crippen LogP contribution in [0.3, 0.4) is 0 Å². The van der Waals surface area contributed by atoms with Gasteiger partial charge >= 0.3 is 0 Å². The van der Waals surface area contributed by atoms with E-state index in [0.717, 1.165) is 46.8 Å². The normalized spacial score (nSPS) is 19.1. The van der Waals surface area contributed by atoms with Crippen LogP contribution in [0.25, 0.3) is 0 Å². The lowest BCUT2D eigenvalue weighted by Crippen LogP contribution is -2.07. The molecule has 2 nitrogen and oxygen atoms in total. The van der Waals surface area contributed by atoms with E-state index in [-0.39, 0.29) is 5.78 Å². The summed E-state index contributed by atoms with van der Waals surface area (Å²) in [4.78, 5) is 12.1. The first-order valence-corrected chi connectivity index (χ1v) is 7.85. The zero-order chi connectivity index (χ0) is 13.0. The molecule has 2 rings (SSSR count). The van der Waals surface area contributed by atoms with E-state index in [0.29, 0.717) is 12.5 Å². The number of ether oxygens (including phenoxy) is 1. The van der Waals surface area contributed by atoms with Crippen molar-refractivity contribution in [3.63, 3.8) is 0 Å². The fourth-order valence-corrected chi connectivity index (χ4v) is 3.48. The number of ketones is 1. The summed E-state index contributed by atoms with van der Waals surface area (Å²) in [5, 5.41) is 0. The molecule has 98 valence electrons. The Bertz CT molecular complexity index is 426. The molecule has 0 aliphatic carbocycles. The van der Waals surface area contributed by atoms with Gasteiger partial charge in [0.1, 0.15) is 0 Å². The third-order valence-electron chi connectivity index (χ3n) is 3.19. The Morgan fingerprint density at radius 3 is 2.89 bits per heavy atom. The molecule has 0 N–H and O–H groups in total. The Morgan fingerprint density at radius 1 is 1.39 bits per heavy atom. The zero-order valence-electron chi connectivity index (χ0n) is 10.1. The number of Topliss-reactive ketones (excluding diaryl/α,β-unsaturated/α-hetero) is 1. The third-order valence-corrected chi connectivity index (χ3v) is 4.33. The van der Waals surface area contributed by atoms with E-state index in [1.165, 1.54) is 0 Å². The summed E-state index contributed by atoms with van der Waals surface area (Å²) < 4.78 is 7.39. The maximum atomic E-state index is 12.1. The highest BCUT2D eigenvalue weighted by molar-refractivity contribution is 9.11. The summed E-state index contributed by atoms with van der Waals surface area (Å²) in [6, 6.07) is 5.67. The molecular formula is C14H16Br2O2. The third kappa shape index (κ3) is 3.90. The number of carbonyl (C=O) groups is 1. The molecule has 1 heterocycles. The standard InChI is InChI=1S/C14H16Br2O2/c15-10-6-7-12(13(16)9-10)14(17)5-1-3-11-4-2-8-18-11/h6-7,9,11H,1-5,8H2. The van der Waals surface area contributed by atoms with Crippen molar-refractivity contribution in [3.05, 3.63) is 32.7 Å². The van der Waals surface area contributed by atoms with Crippen LogP contribution in [0.15, 0.2) is 27.1 Å². The molecule has 1 aromatic rings. The summed E-state index contributed by atoms with van der Waals surface area (Å²) in [5.41, 5.74) is 0.769. The van der Waals surface area contributed by atoms with E-state index in [9.17, 15) is 4.79 Å². The van der Waals surface area contributed by atoms with Crippen LogP contribution < -0.4 is 0 Å². The highest BCUT2D eigenvalue weighted by atomic mass is 79.9. The van der Waals surface area contributed by atoms with E-state index in [2.05, 4.69) is 31.9 Å². The molecule has 1 unspecified atom stereocenters. The van der Waals surface area contributed by atoms with Crippen molar-refractivity contribution in [2.45, 2.75) is 38.2 Å². The average molecular weight is 376 g/mol. The molecule has 4 heteroatoms. The fraction of sp³-hybridized carbons (Fsp3) is 0.500. The number of benzene rings is 1. The second kappa shape index (κ2) is 6.83. The molecule has 1 fully saturated rings. The van der Waals surface area contributed by atoms with Gasteiger partial charge in [0, 0.05) is 27.5 Å². The SMILES string of the molecule is O=C(CCCC1CCCO1)c1ccc(Br)cc1Br. The molecule has 1 atom stereocenters. The zero-order valence-corrected chi connectivity index (χ0v) is 13.3. The van der Waals surface area contributed by atoms with Crippen LogP contribution in [0.2, 0.25) is 0 Å². The van der Waals surface area contributed by atoms with E-state index in [4.69, 9.17) is 4.74 Å². The van der Waals surface area contributed by atoms with Gasteiger partial charge in [-0.15, -0.1) is 0 Å². The minimum absolute atomic E-state index is 0.201. The van der Waals surface area contributed by atoms with Gasteiger partial charge in [0.25, 0.3) is 0 Å². The van der Waals surface area contributed by atoms with Crippen LogP contribution in [-0.4, -0.2) is 18.5 Å². The summed E-state index contributed by atoms with van der Waals surface area (Å²) in [6.07, 6.45) is 5.20. The van der Waals surface area contributed by atoms with E-state index >= 15 is 0 Å². The lowest BCUT2D eigenvalue weighted by molar-refractivity contribution is 0.0922. The first-order chi connectivity index (χ1) is 8.66. The van der Waals surface area contributed by atoms with Crippen molar-refractivity contribution in [1.29, 1.82) is 0 Å². The fourth-order valence-electron chi connectivity index (χ4n) is 2.21. The first-order valence-electron chi connectivity index (χ1n) is 6.26. The van der Waals surface area contributed by atoms with E-state index < -0.39 is 0 Å². The van der Waals surface area contributed by atoms with Gasteiger partial charge in [-0.2, -0.15) is 0 Å². The largest absolute Gasteiger partial charge is 0.378 e. The first kappa shape index (κ1) is 14.2. The summed E-state index contributed by atoms with van der Waals surface area (Å²) in [6.45, 7) is 0.886. The molecule has 1 aromatic carbocycles. The summed E-state index contributed by atoms with van der Waals surface area (Å²) in [5.74, 6) is 0.201. The van der Waals surface area contributed by atoms with Gasteiger partial charge in [0.15, 0.2) is 5.78 Å². The van der Waals surface area contributed by atoms with Crippen LogP contribution in [0.4, 0.5) is 0 Å². The van der Waals surface area contributed by atoms with Gasteiger partial charge in [-0.1, -0.05) is 31.9 Å². The number of rotatable bonds is 5. The minimum atomic E-state index is 0.201. The quantitative estimate of drug-likeness (QED) is 0.694. The molecule has 0 saturated carbocycles. The molecule has 0 amide bonds. The smallest absolute Gasteiger partial charge is 0.164 e. The van der Waals surface area contributed by atoms with Crippen molar-refractivity contribution in [1.82, 2.24) is 0 Å². The average Bonchev–Trinajstić information content (AvgIpc) is 2.81. The molecule has 0 bridgehead atoms. The van der Waals surface area contributed by atoms with Crippen molar-refractivity contribution in [3.8, 4) is 0 Å². The Labute approximate surface area is 124 Å². The molecule has 1 saturated heterocycles. The second-order valence-corrected chi connectivity index (χ2v) is 6.34. The van der Waals surface area contributed by atoms with E-state index in [1.54, 1.807) is 0 Å². The Morgan fingerprint density at radius 2 is 2.22 bits per heavy atom. The Balaban J connectivity index is 1.83. The molecule has 0 radical (unpaired) electrons. The van der Waals surface area contributed by atoms with Crippen LogP contribution in [0.1, 0.15) is 42.5 Å². The molecule has 1 aliphatic heterocycles. The van der Waals surface area contributed by atoms with Gasteiger partial charge in [-0.25, -0.2) is 0 Å². The number of halogens is 2. The second-order valence-electron chi connectivity index (χ2n) is 4.57. The molecule has 18 heavy (non-hydrogen) atoms. The number of carbonyl (C=O) groups excluding carboxylic acids is 1. The molecular weight excluding hydrogens is 360 g/mol. The maximum absolute atomic E-state index is 12.1. The van der Waals surface area contributed by atoms with Crippen LogP contribution in [0, 0.1) is 0 Å². The molecule has 0 aromatic heterocycles. The monoisotopic (exact) mass is 374 g/mol. The van der Waals surface area contributed by atoms with Crippen LogP contribution >= 0.6 is 31.9 Å². The molecule has 1 aliphatic rings. The highest BCUT2D eigenvalue weighted by Crippen LogP contribution is 2.24. The van der Waals surface area contributed by atoms with Crippen LogP contribution in [0.5, 0.6) is 0 Å². The van der Waals surface area contributed by atoms with Gasteiger partial charge in [0.05, 0.1) is 6.10 Å². The Kier molecular flexibility index (Phi) is 5.39. The summed E-state index contributed by atoms with van der Waals surface area (Å²) >= 11 is 6.82. The van der Waals surface area contributed by atoms with Gasteiger partial charge < -0.3 is 4.74 Å². The maximum Gasteiger partial charge on any atom is 0.164 e.